The van der Waals surface area contributed by atoms with Crippen molar-refractivity contribution in [2.45, 2.75) is 37.9 Å². The van der Waals surface area contributed by atoms with Crippen molar-refractivity contribution in [2.75, 3.05) is 13.2 Å². The van der Waals surface area contributed by atoms with Crippen LogP contribution in [0, 0.1) is 0 Å². The van der Waals surface area contributed by atoms with Gasteiger partial charge in [0.2, 0.25) is 5.91 Å². The molecule has 0 aromatic heterocycles. The average Bonchev–Trinajstić information content (AvgIpc) is 2.35. The van der Waals surface area contributed by atoms with Crippen molar-refractivity contribution in [1.82, 2.24) is 4.90 Å². The van der Waals surface area contributed by atoms with Crippen molar-refractivity contribution < 1.29 is 23.1 Å². The maximum absolute atomic E-state index is 12.6. The predicted molar refractivity (Wildman–Crippen MR) is 71.6 cm³/mol. The van der Waals surface area contributed by atoms with Crippen LogP contribution in [-0.4, -0.2) is 35.1 Å². The first kappa shape index (κ1) is 15.8. The molecule has 3 nitrogen and oxygen atoms in total. The number of aliphatic hydroxyl groups excluding tert-OH is 1. The van der Waals surface area contributed by atoms with Gasteiger partial charge in [-0.2, -0.15) is 13.2 Å². The number of nitrogens with zero attached hydrogens (tertiary/aromatic N) is 1. The van der Waals surface area contributed by atoms with E-state index in [-0.39, 0.29) is 31.5 Å². The van der Waals surface area contributed by atoms with E-state index in [0.717, 1.165) is 31.4 Å². The van der Waals surface area contributed by atoms with E-state index in [4.69, 9.17) is 5.11 Å². The quantitative estimate of drug-likeness (QED) is 0.908. The van der Waals surface area contributed by atoms with Gasteiger partial charge in [-0.3, -0.25) is 4.79 Å². The van der Waals surface area contributed by atoms with Gasteiger partial charge in [-0.15, -0.1) is 0 Å². The van der Waals surface area contributed by atoms with E-state index in [0.29, 0.717) is 5.56 Å². The fourth-order valence-corrected chi connectivity index (χ4v) is 2.45. The Bertz CT molecular complexity index is 498. The highest BCUT2D eigenvalue weighted by Gasteiger charge is 2.31. The van der Waals surface area contributed by atoms with E-state index in [2.05, 4.69) is 0 Å². The van der Waals surface area contributed by atoms with Crippen LogP contribution in [0.25, 0.3) is 0 Å². The van der Waals surface area contributed by atoms with Gasteiger partial charge >= 0.3 is 6.18 Å². The minimum atomic E-state index is -4.40. The minimum absolute atomic E-state index is 0.0690. The number of benzene rings is 1. The molecule has 1 aromatic carbocycles. The Labute approximate surface area is 121 Å². The first-order valence-electron chi connectivity index (χ1n) is 6.98. The molecule has 116 valence electrons. The Morgan fingerprint density at radius 2 is 2.05 bits per heavy atom. The van der Waals surface area contributed by atoms with Crippen molar-refractivity contribution in [2.24, 2.45) is 0 Å². The number of hydrogen-bond donors (Lipinski definition) is 1. The molecule has 0 atom stereocenters. The van der Waals surface area contributed by atoms with E-state index < -0.39 is 11.7 Å². The molecule has 1 aliphatic carbocycles. The maximum atomic E-state index is 12.6. The summed E-state index contributed by atoms with van der Waals surface area (Å²) in [7, 11) is 0. The normalized spacial score (nSPS) is 15.6. The largest absolute Gasteiger partial charge is 0.416 e. The number of alkyl halides is 3. The van der Waals surface area contributed by atoms with E-state index in [1.807, 2.05) is 0 Å². The number of rotatable bonds is 5. The molecule has 0 unspecified atom stereocenters. The van der Waals surface area contributed by atoms with Gasteiger partial charge in [-0.25, -0.2) is 0 Å². The third kappa shape index (κ3) is 3.97. The SMILES string of the molecule is O=C(Cc1cccc(C(F)(F)F)c1)N(CCO)C1CCC1. The van der Waals surface area contributed by atoms with Gasteiger partial charge in [-0.1, -0.05) is 18.2 Å². The van der Waals surface area contributed by atoms with Crippen molar-refractivity contribution in [3.63, 3.8) is 0 Å². The van der Waals surface area contributed by atoms with Crippen molar-refractivity contribution in [1.29, 1.82) is 0 Å². The van der Waals surface area contributed by atoms with Crippen LogP contribution < -0.4 is 0 Å². The van der Waals surface area contributed by atoms with Crippen LogP contribution in [0.15, 0.2) is 24.3 Å². The Hall–Kier alpha value is -1.56. The zero-order chi connectivity index (χ0) is 15.5. The van der Waals surface area contributed by atoms with E-state index >= 15 is 0 Å². The molecule has 0 heterocycles. The number of carbonyl (C=O) groups excluding carboxylic acids is 1. The molecule has 1 amide bonds. The molecule has 0 saturated heterocycles. The number of amides is 1. The Balaban J connectivity index is 2.07. The highest BCUT2D eigenvalue weighted by Crippen LogP contribution is 2.30. The lowest BCUT2D eigenvalue weighted by Crippen LogP contribution is -2.46. The summed E-state index contributed by atoms with van der Waals surface area (Å²) in [6, 6.07) is 4.95. The van der Waals surface area contributed by atoms with Gasteiger partial charge in [-0.05, 0) is 30.9 Å². The van der Waals surface area contributed by atoms with Gasteiger partial charge in [0.1, 0.15) is 0 Å². The Morgan fingerprint density at radius 1 is 1.33 bits per heavy atom. The fraction of sp³-hybridized carbons (Fsp3) is 0.533. The van der Waals surface area contributed by atoms with Gasteiger partial charge < -0.3 is 10.0 Å². The highest BCUT2D eigenvalue weighted by molar-refractivity contribution is 5.79. The fourth-order valence-electron chi connectivity index (χ4n) is 2.45. The second-order valence-corrected chi connectivity index (χ2v) is 5.27. The number of carbonyl (C=O) groups is 1. The molecule has 1 saturated carbocycles. The van der Waals surface area contributed by atoms with E-state index in [9.17, 15) is 18.0 Å². The zero-order valence-corrected chi connectivity index (χ0v) is 11.6. The third-order valence-electron chi connectivity index (χ3n) is 3.79. The van der Waals surface area contributed by atoms with Crippen LogP contribution in [0.5, 0.6) is 0 Å². The van der Waals surface area contributed by atoms with Crippen molar-refractivity contribution in [3.05, 3.63) is 35.4 Å². The highest BCUT2D eigenvalue weighted by atomic mass is 19.4. The van der Waals surface area contributed by atoms with Crippen molar-refractivity contribution >= 4 is 5.91 Å². The van der Waals surface area contributed by atoms with Crippen LogP contribution in [0.4, 0.5) is 13.2 Å². The summed E-state index contributed by atoms with van der Waals surface area (Å²) >= 11 is 0. The molecule has 0 radical (unpaired) electrons. The first-order chi connectivity index (χ1) is 9.91. The summed E-state index contributed by atoms with van der Waals surface area (Å²) < 4.78 is 37.9. The molecule has 2 rings (SSSR count). The van der Waals surface area contributed by atoms with Crippen LogP contribution in [0.2, 0.25) is 0 Å². The molecule has 1 aliphatic rings. The molecule has 0 aliphatic heterocycles. The van der Waals surface area contributed by atoms with Crippen LogP contribution in [-0.2, 0) is 17.4 Å². The second-order valence-electron chi connectivity index (χ2n) is 5.27. The summed E-state index contributed by atoms with van der Waals surface area (Å²) in [5.41, 5.74) is -0.401. The van der Waals surface area contributed by atoms with Crippen LogP contribution >= 0.6 is 0 Å². The summed E-state index contributed by atoms with van der Waals surface area (Å²) in [5.74, 6) is -0.229. The molecular weight excluding hydrogens is 283 g/mol. The number of aliphatic hydroxyl groups is 1. The van der Waals surface area contributed by atoms with Gasteiger partial charge in [0.25, 0.3) is 0 Å². The molecule has 1 fully saturated rings. The van der Waals surface area contributed by atoms with E-state index in [1.54, 1.807) is 4.90 Å². The Morgan fingerprint density at radius 3 is 2.57 bits per heavy atom. The monoisotopic (exact) mass is 301 g/mol. The molecule has 1 aromatic rings. The molecule has 0 spiro atoms. The minimum Gasteiger partial charge on any atom is -0.395 e. The van der Waals surface area contributed by atoms with Gasteiger partial charge in [0, 0.05) is 12.6 Å². The maximum Gasteiger partial charge on any atom is 0.416 e. The lowest BCUT2D eigenvalue weighted by molar-refractivity contribution is -0.138. The van der Waals surface area contributed by atoms with Gasteiger partial charge in [0.05, 0.1) is 18.6 Å². The topological polar surface area (TPSA) is 40.5 Å². The molecule has 1 N–H and O–H groups in total. The van der Waals surface area contributed by atoms with Gasteiger partial charge in [0.15, 0.2) is 0 Å². The third-order valence-corrected chi connectivity index (χ3v) is 3.79. The first-order valence-corrected chi connectivity index (χ1v) is 6.98. The lowest BCUT2D eigenvalue weighted by atomic mass is 9.91. The average molecular weight is 301 g/mol. The Kier molecular flexibility index (Phi) is 4.88. The molecule has 6 heteroatoms. The summed E-state index contributed by atoms with van der Waals surface area (Å²) in [6.07, 6.45) is -1.63. The number of hydrogen-bond acceptors (Lipinski definition) is 2. The molecule has 21 heavy (non-hydrogen) atoms. The molecular formula is C15H18F3NO2. The summed E-state index contributed by atoms with van der Waals surface area (Å²) in [5, 5.41) is 9.03. The lowest BCUT2D eigenvalue weighted by Gasteiger charge is -2.37. The van der Waals surface area contributed by atoms with Crippen LogP contribution in [0.3, 0.4) is 0 Å². The smallest absolute Gasteiger partial charge is 0.395 e. The summed E-state index contributed by atoms with van der Waals surface area (Å²) in [4.78, 5) is 13.8. The zero-order valence-electron chi connectivity index (χ0n) is 11.6. The van der Waals surface area contributed by atoms with Crippen LogP contribution in [0.1, 0.15) is 30.4 Å². The second kappa shape index (κ2) is 6.47. The van der Waals surface area contributed by atoms with E-state index in [1.165, 1.54) is 12.1 Å². The predicted octanol–water partition coefficient (Wildman–Crippen LogP) is 2.62. The summed E-state index contributed by atoms with van der Waals surface area (Å²) in [6.45, 7) is 0.104. The van der Waals surface area contributed by atoms with Crippen molar-refractivity contribution in [3.8, 4) is 0 Å². The standard InChI is InChI=1S/C15H18F3NO2/c16-15(17,18)12-4-1-3-11(9-12)10-14(21)19(7-8-20)13-5-2-6-13/h1,3-4,9,13,20H,2,5-8,10H2. The number of halogens is 3. The molecule has 0 bridgehead atoms.